The summed E-state index contributed by atoms with van der Waals surface area (Å²) in [4.78, 5) is 17.0. The summed E-state index contributed by atoms with van der Waals surface area (Å²) in [5.74, 6) is 1.95. The summed E-state index contributed by atoms with van der Waals surface area (Å²) in [5.41, 5.74) is 4.26. The SMILES string of the molecule is COc1cc2c(cc1OC)CN(Cc1coc(=O)c(CN3CC[C@H](c4ccccc4)C3)c1O)CC2. The lowest BCUT2D eigenvalue weighted by Crippen LogP contribution is -2.30. The van der Waals surface area contributed by atoms with Crippen molar-refractivity contribution < 1.29 is 19.0 Å². The van der Waals surface area contributed by atoms with Gasteiger partial charge in [-0.2, -0.15) is 0 Å². The van der Waals surface area contributed by atoms with E-state index in [1.807, 2.05) is 18.2 Å². The van der Waals surface area contributed by atoms with Gasteiger partial charge in [-0.1, -0.05) is 30.3 Å². The quantitative estimate of drug-likeness (QED) is 0.554. The van der Waals surface area contributed by atoms with Crippen LogP contribution in [-0.4, -0.2) is 48.8 Å². The smallest absolute Gasteiger partial charge is 0.343 e. The Labute approximate surface area is 205 Å². The first-order valence-electron chi connectivity index (χ1n) is 12.1. The van der Waals surface area contributed by atoms with Crippen LogP contribution < -0.4 is 15.1 Å². The van der Waals surface area contributed by atoms with Crippen molar-refractivity contribution in [2.75, 3.05) is 33.9 Å². The van der Waals surface area contributed by atoms with E-state index in [-0.39, 0.29) is 5.75 Å². The minimum Gasteiger partial charge on any atom is -0.507 e. The molecule has 2 aliphatic rings. The molecule has 2 aliphatic heterocycles. The van der Waals surface area contributed by atoms with Gasteiger partial charge in [0.15, 0.2) is 11.5 Å². The maximum atomic E-state index is 12.5. The molecule has 0 radical (unpaired) electrons. The third-order valence-corrected chi connectivity index (χ3v) is 7.26. The number of benzene rings is 2. The molecule has 0 amide bonds. The maximum Gasteiger partial charge on any atom is 0.343 e. The molecule has 184 valence electrons. The van der Waals surface area contributed by atoms with Crippen LogP contribution in [0.25, 0.3) is 0 Å². The lowest BCUT2D eigenvalue weighted by molar-refractivity contribution is 0.236. The van der Waals surface area contributed by atoms with Gasteiger partial charge >= 0.3 is 5.63 Å². The molecule has 1 N–H and O–H groups in total. The Morgan fingerprint density at radius 3 is 2.49 bits per heavy atom. The minimum absolute atomic E-state index is 0.0579. The second-order valence-corrected chi connectivity index (χ2v) is 9.44. The monoisotopic (exact) mass is 476 g/mol. The topological polar surface area (TPSA) is 75.4 Å². The molecule has 0 aliphatic carbocycles. The highest BCUT2D eigenvalue weighted by molar-refractivity contribution is 5.48. The fraction of sp³-hybridized carbons (Fsp3) is 0.393. The molecule has 0 saturated carbocycles. The standard InChI is InChI=1S/C28H32N2O5/c1-33-25-12-20-8-10-29(15-22(20)13-26(25)34-2)16-23-18-35-28(32)24(27(23)31)17-30-11-9-21(14-30)19-6-4-3-5-7-19/h3-7,12-13,18,21,31H,8-11,14-17H2,1-2H3/t21-/m0/s1. The number of methoxy groups -OCH3 is 2. The minimum atomic E-state index is -0.463. The van der Waals surface area contributed by atoms with Crippen molar-refractivity contribution >= 4 is 0 Å². The normalized spacial score (nSPS) is 18.4. The number of likely N-dealkylation sites (tertiary alicyclic amines) is 1. The zero-order valence-corrected chi connectivity index (χ0v) is 20.3. The number of aromatic hydroxyl groups is 1. The Morgan fingerprint density at radius 1 is 1.00 bits per heavy atom. The fourth-order valence-corrected chi connectivity index (χ4v) is 5.31. The fourth-order valence-electron chi connectivity index (χ4n) is 5.31. The van der Waals surface area contributed by atoms with Crippen LogP contribution in [0.3, 0.4) is 0 Å². The molecule has 3 aromatic rings. The molecule has 2 aromatic carbocycles. The summed E-state index contributed by atoms with van der Waals surface area (Å²) < 4.78 is 16.3. The molecule has 1 atom stereocenters. The van der Waals surface area contributed by atoms with Crippen LogP contribution in [0, 0.1) is 0 Å². The summed E-state index contributed by atoms with van der Waals surface area (Å²) >= 11 is 0. The molecule has 0 bridgehead atoms. The molecule has 1 fully saturated rings. The number of ether oxygens (including phenoxy) is 2. The van der Waals surface area contributed by atoms with E-state index in [1.54, 1.807) is 14.2 Å². The zero-order valence-electron chi connectivity index (χ0n) is 20.3. The molecule has 0 spiro atoms. The average Bonchev–Trinajstić information content (AvgIpc) is 3.36. The molecule has 5 rings (SSSR count). The first-order chi connectivity index (χ1) is 17.1. The number of hydrogen-bond donors (Lipinski definition) is 1. The Kier molecular flexibility index (Phi) is 6.79. The third-order valence-electron chi connectivity index (χ3n) is 7.26. The second kappa shape index (κ2) is 10.1. The van der Waals surface area contributed by atoms with Crippen molar-refractivity contribution in [3.05, 3.63) is 87.0 Å². The first-order valence-corrected chi connectivity index (χ1v) is 12.1. The highest BCUT2D eigenvalue weighted by atomic mass is 16.5. The van der Waals surface area contributed by atoms with Gasteiger partial charge < -0.3 is 19.0 Å². The van der Waals surface area contributed by atoms with Crippen LogP contribution in [0.4, 0.5) is 0 Å². The van der Waals surface area contributed by atoms with Crippen LogP contribution in [0.2, 0.25) is 0 Å². The second-order valence-electron chi connectivity index (χ2n) is 9.44. The van der Waals surface area contributed by atoms with Crippen molar-refractivity contribution in [2.45, 2.75) is 38.4 Å². The van der Waals surface area contributed by atoms with E-state index in [0.717, 1.165) is 38.2 Å². The van der Waals surface area contributed by atoms with Gasteiger partial charge in [0.25, 0.3) is 0 Å². The highest BCUT2D eigenvalue weighted by Gasteiger charge is 2.27. The van der Waals surface area contributed by atoms with Crippen molar-refractivity contribution in [3.63, 3.8) is 0 Å². The van der Waals surface area contributed by atoms with Gasteiger partial charge in [-0.05, 0) is 54.1 Å². The first kappa shape index (κ1) is 23.5. The van der Waals surface area contributed by atoms with E-state index in [2.05, 4.69) is 34.1 Å². The van der Waals surface area contributed by atoms with Gasteiger partial charge in [-0.25, -0.2) is 4.79 Å². The van der Waals surface area contributed by atoms with Crippen molar-refractivity contribution in [3.8, 4) is 17.2 Å². The van der Waals surface area contributed by atoms with E-state index >= 15 is 0 Å². The van der Waals surface area contributed by atoms with Crippen LogP contribution in [0.5, 0.6) is 17.2 Å². The van der Waals surface area contributed by atoms with Crippen LogP contribution in [0.1, 0.15) is 40.2 Å². The molecule has 7 nitrogen and oxygen atoms in total. The lowest BCUT2D eigenvalue weighted by Gasteiger charge is -2.29. The Bertz CT molecular complexity index is 1240. The molecule has 1 saturated heterocycles. The van der Waals surface area contributed by atoms with E-state index in [1.165, 1.54) is 23.0 Å². The zero-order chi connectivity index (χ0) is 24.4. The number of hydrogen-bond acceptors (Lipinski definition) is 7. The Hall–Kier alpha value is -3.29. The van der Waals surface area contributed by atoms with E-state index in [0.29, 0.717) is 42.4 Å². The highest BCUT2D eigenvalue weighted by Crippen LogP contribution is 2.34. The van der Waals surface area contributed by atoms with E-state index in [9.17, 15) is 9.90 Å². The number of fused-ring (bicyclic) bond motifs is 1. The molecule has 3 heterocycles. The molecule has 0 unspecified atom stereocenters. The maximum absolute atomic E-state index is 12.5. The molecular formula is C28H32N2O5. The predicted molar refractivity (Wildman–Crippen MR) is 133 cm³/mol. The van der Waals surface area contributed by atoms with Gasteiger partial charge in [0.1, 0.15) is 12.0 Å². The van der Waals surface area contributed by atoms with Crippen molar-refractivity contribution in [1.29, 1.82) is 0 Å². The van der Waals surface area contributed by atoms with Crippen molar-refractivity contribution in [1.82, 2.24) is 9.80 Å². The van der Waals surface area contributed by atoms with E-state index in [4.69, 9.17) is 13.9 Å². The van der Waals surface area contributed by atoms with Crippen LogP contribution >= 0.6 is 0 Å². The summed E-state index contributed by atoms with van der Waals surface area (Å²) in [7, 11) is 3.28. The van der Waals surface area contributed by atoms with Crippen LogP contribution in [0.15, 0.2) is 57.9 Å². The van der Waals surface area contributed by atoms with Gasteiger partial charge in [-0.15, -0.1) is 0 Å². The summed E-state index contributed by atoms with van der Waals surface area (Å²) in [6, 6.07) is 14.5. The third kappa shape index (κ3) is 4.92. The predicted octanol–water partition coefficient (Wildman–Crippen LogP) is 3.91. The van der Waals surface area contributed by atoms with Gasteiger partial charge in [0, 0.05) is 38.3 Å². The summed E-state index contributed by atoms with van der Waals surface area (Å²) in [6.07, 6.45) is 3.31. The Morgan fingerprint density at radius 2 is 1.74 bits per heavy atom. The van der Waals surface area contributed by atoms with Crippen molar-refractivity contribution in [2.24, 2.45) is 0 Å². The van der Waals surface area contributed by atoms with E-state index < -0.39 is 5.63 Å². The summed E-state index contributed by atoms with van der Waals surface area (Å²) in [6.45, 7) is 4.20. The number of rotatable bonds is 7. The average molecular weight is 477 g/mol. The molecular weight excluding hydrogens is 444 g/mol. The molecule has 1 aromatic heterocycles. The number of nitrogens with zero attached hydrogens (tertiary/aromatic N) is 2. The van der Waals surface area contributed by atoms with Gasteiger partial charge in [-0.3, -0.25) is 9.80 Å². The van der Waals surface area contributed by atoms with Gasteiger partial charge in [0.2, 0.25) is 0 Å². The Balaban J connectivity index is 1.29. The molecule has 35 heavy (non-hydrogen) atoms. The van der Waals surface area contributed by atoms with Gasteiger partial charge in [0.05, 0.1) is 19.8 Å². The summed E-state index contributed by atoms with van der Waals surface area (Å²) in [5, 5.41) is 11.0. The lowest BCUT2D eigenvalue weighted by atomic mass is 9.98. The largest absolute Gasteiger partial charge is 0.507 e. The molecule has 7 heteroatoms. The van der Waals surface area contributed by atoms with Crippen LogP contribution in [-0.2, 0) is 26.1 Å².